The van der Waals surface area contributed by atoms with Crippen LogP contribution in [-0.4, -0.2) is 37.3 Å². The van der Waals surface area contributed by atoms with E-state index in [1.165, 1.54) is 31.2 Å². The van der Waals surface area contributed by atoms with E-state index in [-0.39, 0.29) is 41.2 Å². The molecule has 0 spiro atoms. The normalized spacial score (nSPS) is 12.2. The predicted octanol–water partition coefficient (Wildman–Crippen LogP) is 4.13. The van der Waals surface area contributed by atoms with Gasteiger partial charge in [-0.3, -0.25) is 4.79 Å². The Labute approximate surface area is 190 Å². The van der Waals surface area contributed by atoms with E-state index in [9.17, 15) is 18.0 Å². The molecule has 0 aromatic heterocycles. The molecule has 0 saturated carbocycles. The van der Waals surface area contributed by atoms with E-state index in [0.29, 0.717) is 11.3 Å². The lowest BCUT2D eigenvalue weighted by Crippen LogP contribution is -2.46. The van der Waals surface area contributed by atoms with Gasteiger partial charge in [-0.05, 0) is 57.5 Å². The molecular weight excluding hydrogens is 430 g/mol. The summed E-state index contributed by atoms with van der Waals surface area (Å²) in [6.45, 7) is 9.26. The molecule has 0 aliphatic carbocycles. The van der Waals surface area contributed by atoms with Crippen molar-refractivity contribution in [2.75, 3.05) is 5.32 Å². The Morgan fingerprint density at radius 3 is 2.22 bits per heavy atom. The number of urea groups is 1. The van der Waals surface area contributed by atoms with Crippen molar-refractivity contribution in [3.63, 3.8) is 0 Å². The van der Waals surface area contributed by atoms with Crippen LogP contribution in [0, 0.1) is 0 Å². The Morgan fingerprint density at radius 2 is 1.66 bits per heavy atom. The van der Waals surface area contributed by atoms with Crippen molar-refractivity contribution in [3.8, 4) is 5.75 Å². The molecule has 32 heavy (non-hydrogen) atoms. The van der Waals surface area contributed by atoms with Crippen LogP contribution in [0.2, 0.25) is 0 Å². The van der Waals surface area contributed by atoms with Crippen LogP contribution < -0.4 is 14.8 Å². The summed E-state index contributed by atoms with van der Waals surface area (Å²) in [6.07, 6.45) is 0.744. The van der Waals surface area contributed by atoms with Crippen molar-refractivity contribution < 1.29 is 22.2 Å². The lowest BCUT2D eigenvalue weighted by atomic mass is 10.1. The highest BCUT2D eigenvalue weighted by Crippen LogP contribution is 2.26. The smallest absolute Gasteiger partial charge is 0.339 e. The number of benzene rings is 2. The van der Waals surface area contributed by atoms with Crippen LogP contribution in [0.4, 0.5) is 10.5 Å². The van der Waals surface area contributed by atoms with Gasteiger partial charge in [0.15, 0.2) is 0 Å². The molecule has 1 atom stereocenters. The fourth-order valence-corrected chi connectivity index (χ4v) is 3.92. The topological polar surface area (TPSA) is 105 Å². The Hall–Kier alpha value is -3.07. The third-order valence-electron chi connectivity index (χ3n) is 4.77. The molecule has 8 nitrogen and oxygen atoms in total. The van der Waals surface area contributed by atoms with Crippen molar-refractivity contribution in [1.82, 2.24) is 10.2 Å². The van der Waals surface area contributed by atoms with E-state index < -0.39 is 10.1 Å². The van der Waals surface area contributed by atoms with E-state index in [2.05, 4.69) is 10.6 Å². The van der Waals surface area contributed by atoms with Crippen LogP contribution in [0.25, 0.3) is 0 Å². The molecule has 9 heteroatoms. The molecule has 0 bridgehead atoms. The molecule has 0 aliphatic rings. The van der Waals surface area contributed by atoms with Crippen LogP contribution in [0.15, 0.2) is 53.4 Å². The van der Waals surface area contributed by atoms with Gasteiger partial charge in [0.05, 0.1) is 6.54 Å². The van der Waals surface area contributed by atoms with Gasteiger partial charge in [-0.2, -0.15) is 8.42 Å². The van der Waals surface area contributed by atoms with Crippen LogP contribution in [0.1, 0.15) is 46.6 Å². The monoisotopic (exact) mass is 461 g/mol. The number of carbonyl (C=O) groups is 2. The minimum absolute atomic E-state index is 0.0265. The first-order valence-corrected chi connectivity index (χ1v) is 11.9. The van der Waals surface area contributed by atoms with Crippen LogP contribution in [-0.2, 0) is 21.5 Å². The van der Waals surface area contributed by atoms with Gasteiger partial charge in [-0.15, -0.1) is 0 Å². The summed E-state index contributed by atoms with van der Waals surface area (Å²) in [7, 11) is -4.11. The maximum atomic E-state index is 12.8. The second kappa shape index (κ2) is 11.0. The molecule has 2 rings (SSSR count). The van der Waals surface area contributed by atoms with Crippen LogP contribution >= 0.6 is 0 Å². The molecule has 0 radical (unpaired) electrons. The van der Waals surface area contributed by atoms with E-state index in [0.717, 1.165) is 6.42 Å². The molecule has 0 heterocycles. The average Bonchev–Trinajstić information content (AvgIpc) is 2.71. The SMILES string of the molecule is CCC(C)N(Cc1ccccc1OS(=O)(=O)c1ccc(NC(C)=O)cc1)C(=O)NC(C)C. The van der Waals surface area contributed by atoms with Crippen molar-refractivity contribution >= 4 is 27.7 Å². The number of rotatable bonds is 9. The molecule has 0 aliphatic heterocycles. The maximum absolute atomic E-state index is 12.8. The Morgan fingerprint density at radius 1 is 1.03 bits per heavy atom. The summed E-state index contributed by atoms with van der Waals surface area (Å²) in [5, 5.41) is 5.47. The summed E-state index contributed by atoms with van der Waals surface area (Å²) in [6, 6.07) is 12.2. The van der Waals surface area contributed by atoms with Gasteiger partial charge in [-0.1, -0.05) is 25.1 Å². The molecule has 0 fully saturated rings. The van der Waals surface area contributed by atoms with Crippen molar-refractivity contribution in [2.24, 2.45) is 0 Å². The van der Waals surface area contributed by atoms with Crippen molar-refractivity contribution in [3.05, 3.63) is 54.1 Å². The zero-order valence-electron chi connectivity index (χ0n) is 19.1. The zero-order chi connectivity index (χ0) is 23.9. The highest BCUT2D eigenvalue weighted by atomic mass is 32.2. The summed E-state index contributed by atoms with van der Waals surface area (Å²) in [5.41, 5.74) is 1.06. The number of amides is 3. The number of hydrogen-bond donors (Lipinski definition) is 2. The van der Waals surface area contributed by atoms with E-state index in [1.54, 1.807) is 29.2 Å². The Balaban J connectivity index is 2.28. The minimum Gasteiger partial charge on any atom is -0.379 e. The molecule has 2 N–H and O–H groups in total. The lowest BCUT2D eigenvalue weighted by Gasteiger charge is -2.30. The molecule has 3 amide bonds. The predicted molar refractivity (Wildman–Crippen MR) is 124 cm³/mol. The minimum atomic E-state index is -4.11. The average molecular weight is 462 g/mol. The van der Waals surface area contributed by atoms with Gasteiger partial charge < -0.3 is 19.7 Å². The first-order valence-electron chi connectivity index (χ1n) is 10.5. The lowest BCUT2D eigenvalue weighted by molar-refractivity contribution is -0.114. The fourth-order valence-electron chi connectivity index (χ4n) is 2.95. The first-order chi connectivity index (χ1) is 15.0. The highest BCUT2D eigenvalue weighted by molar-refractivity contribution is 7.87. The van der Waals surface area contributed by atoms with Gasteiger partial charge in [0.2, 0.25) is 5.91 Å². The van der Waals surface area contributed by atoms with Gasteiger partial charge in [0.25, 0.3) is 0 Å². The quantitative estimate of drug-likeness (QED) is 0.546. The third-order valence-corrected chi connectivity index (χ3v) is 6.02. The molecule has 0 saturated heterocycles. The standard InChI is InChI=1S/C23H31N3O5S/c1-6-17(4)26(23(28)24-16(2)3)15-19-9-7-8-10-22(19)31-32(29,30)21-13-11-20(12-14-21)25-18(5)27/h7-14,16-17H,6,15H2,1-5H3,(H,24,28)(H,25,27). The van der Waals surface area contributed by atoms with E-state index in [1.807, 2.05) is 27.7 Å². The molecule has 1 unspecified atom stereocenters. The summed E-state index contributed by atoms with van der Waals surface area (Å²) in [4.78, 5) is 25.5. The highest BCUT2D eigenvalue weighted by Gasteiger charge is 2.23. The van der Waals surface area contributed by atoms with Gasteiger partial charge in [-0.25, -0.2) is 4.79 Å². The third kappa shape index (κ3) is 6.98. The number of nitrogens with zero attached hydrogens (tertiary/aromatic N) is 1. The van der Waals surface area contributed by atoms with E-state index >= 15 is 0 Å². The Kier molecular flexibility index (Phi) is 8.65. The van der Waals surface area contributed by atoms with Gasteiger partial charge in [0.1, 0.15) is 10.6 Å². The maximum Gasteiger partial charge on any atom is 0.339 e. The number of para-hydroxylation sites is 1. The second-order valence-electron chi connectivity index (χ2n) is 7.84. The molecule has 2 aromatic rings. The van der Waals surface area contributed by atoms with Gasteiger partial charge in [0, 0.05) is 30.3 Å². The van der Waals surface area contributed by atoms with Crippen molar-refractivity contribution in [1.29, 1.82) is 0 Å². The zero-order valence-corrected chi connectivity index (χ0v) is 19.9. The second-order valence-corrected chi connectivity index (χ2v) is 9.39. The van der Waals surface area contributed by atoms with E-state index in [4.69, 9.17) is 4.18 Å². The summed E-state index contributed by atoms with van der Waals surface area (Å²) < 4.78 is 31.1. The van der Waals surface area contributed by atoms with Crippen LogP contribution in [0.5, 0.6) is 5.75 Å². The summed E-state index contributed by atoms with van der Waals surface area (Å²) in [5.74, 6) is -0.0952. The van der Waals surface area contributed by atoms with Crippen LogP contribution in [0.3, 0.4) is 0 Å². The first kappa shape index (κ1) is 25.2. The summed E-state index contributed by atoms with van der Waals surface area (Å²) >= 11 is 0. The largest absolute Gasteiger partial charge is 0.379 e. The fraction of sp³-hybridized carbons (Fsp3) is 0.391. The van der Waals surface area contributed by atoms with Crippen molar-refractivity contribution in [2.45, 2.75) is 64.6 Å². The number of anilines is 1. The number of hydrogen-bond acceptors (Lipinski definition) is 5. The molecule has 2 aromatic carbocycles. The Bertz CT molecular complexity index is 1040. The molecular formula is C23H31N3O5S. The van der Waals surface area contributed by atoms with Gasteiger partial charge >= 0.3 is 16.1 Å². The molecule has 174 valence electrons. The number of nitrogens with one attached hydrogen (secondary N) is 2. The number of carbonyl (C=O) groups excluding carboxylic acids is 2.